The van der Waals surface area contributed by atoms with Gasteiger partial charge in [-0.1, -0.05) is 48.5 Å². The molecule has 3 rings (SSSR count). The Kier molecular flexibility index (Phi) is 2.70. The molecule has 0 aromatic heterocycles. The van der Waals surface area contributed by atoms with E-state index in [4.69, 9.17) is 0 Å². The maximum Gasteiger partial charge on any atom is -0.0178 e. The second-order valence-corrected chi connectivity index (χ2v) is 3.55. The van der Waals surface area contributed by atoms with E-state index in [-0.39, 0.29) is 9.90 Å². The molecule has 0 heterocycles. The molecule has 1 atom stereocenters. The lowest BCUT2D eigenvalue weighted by Crippen LogP contribution is -1.74. The van der Waals surface area contributed by atoms with Crippen molar-refractivity contribution < 1.29 is 0 Å². The van der Waals surface area contributed by atoms with Gasteiger partial charge in [0.15, 0.2) is 0 Å². The van der Waals surface area contributed by atoms with Crippen molar-refractivity contribution in [3.63, 3.8) is 0 Å². The van der Waals surface area contributed by atoms with E-state index in [1.165, 1.54) is 21.5 Å². The van der Waals surface area contributed by atoms with Crippen molar-refractivity contribution in [3.8, 4) is 0 Å². The number of hydrogen-bond donors (Lipinski definition) is 0. The molecule has 0 nitrogen and oxygen atoms in total. The van der Waals surface area contributed by atoms with E-state index < -0.39 is 0 Å². The first-order valence-corrected chi connectivity index (χ1v) is 4.81. The third kappa shape index (κ3) is 1.73. The summed E-state index contributed by atoms with van der Waals surface area (Å²) in [7, 11) is 0. The average Bonchev–Trinajstić information content (AvgIpc) is 2.26. The number of fused-ring (bicyclic) bond motifs is 2. The Morgan fingerprint density at radius 2 is 0.733 bits per heavy atom. The monoisotopic (exact) mass is 212 g/mol. The lowest BCUT2D eigenvalue weighted by atomic mass is 10.0. The van der Waals surface area contributed by atoms with Crippen molar-refractivity contribution >= 4 is 31.4 Å². The zero-order valence-corrected chi connectivity index (χ0v) is 9.89. The second kappa shape index (κ2) is 4.00. The van der Waals surface area contributed by atoms with Gasteiger partial charge in [-0.05, 0) is 33.7 Å². The Labute approximate surface area is 92.5 Å². The van der Waals surface area contributed by atoms with Crippen LogP contribution in [0.4, 0.5) is 0 Å². The molecule has 3 aromatic carbocycles. The van der Waals surface area contributed by atoms with Gasteiger partial charge in [-0.3, -0.25) is 0 Å². The first-order chi connectivity index (χ1) is 6.93. The summed E-state index contributed by atoms with van der Waals surface area (Å²) in [5.74, 6) is 0. The van der Waals surface area contributed by atoms with Crippen molar-refractivity contribution in [1.29, 1.82) is 0 Å². The minimum atomic E-state index is 0. The maximum atomic E-state index is 2.24. The van der Waals surface area contributed by atoms with Gasteiger partial charge in [0, 0.05) is 0 Å². The largest absolute Gasteiger partial charge is 0.153 e. The molecule has 15 heavy (non-hydrogen) atoms. The quantitative estimate of drug-likeness (QED) is 0.389. The Balaban J connectivity index is 0.000000853. The molecule has 0 fully saturated rings. The van der Waals surface area contributed by atoms with E-state index in [1.54, 1.807) is 0 Å². The molecular weight excluding hydrogens is 199 g/mol. The van der Waals surface area contributed by atoms with Crippen LogP contribution < -0.4 is 0 Å². The SMILES string of the molecule is P.c1ccc2cc3ccccc3cc2c1. The normalized spacial score (nSPS) is 10.1. The van der Waals surface area contributed by atoms with Crippen LogP contribution in [-0.4, -0.2) is 0 Å². The zero-order chi connectivity index (χ0) is 9.38. The number of hydrogen-bond acceptors (Lipinski definition) is 0. The van der Waals surface area contributed by atoms with Crippen molar-refractivity contribution in [2.45, 2.75) is 0 Å². The van der Waals surface area contributed by atoms with Crippen LogP contribution in [0.3, 0.4) is 0 Å². The van der Waals surface area contributed by atoms with Crippen LogP contribution in [0.15, 0.2) is 60.7 Å². The molecule has 0 spiro atoms. The lowest BCUT2D eigenvalue weighted by Gasteiger charge is -2.00. The Morgan fingerprint density at radius 3 is 1.00 bits per heavy atom. The standard InChI is InChI=1S/C14H10.H3P/c1-2-6-12-10-14-8-4-3-7-13(14)9-11(12)5-1;/h1-10H;1H3. The van der Waals surface area contributed by atoms with E-state index in [0.29, 0.717) is 0 Å². The van der Waals surface area contributed by atoms with Crippen LogP contribution in [0, 0.1) is 0 Å². The van der Waals surface area contributed by atoms with Crippen molar-refractivity contribution in [3.05, 3.63) is 60.7 Å². The third-order valence-corrected chi connectivity index (χ3v) is 2.61. The fraction of sp³-hybridized carbons (Fsp3) is 0. The van der Waals surface area contributed by atoms with Crippen molar-refractivity contribution in [1.82, 2.24) is 0 Å². The molecule has 0 aliphatic heterocycles. The summed E-state index contributed by atoms with van der Waals surface area (Å²) in [6.07, 6.45) is 0. The van der Waals surface area contributed by atoms with Gasteiger partial charge < -0.3 is 0 Å². The average molecular weight is 212 g/mol. The van der Waals surface area contributed by atoms with Crippen LogP contribution in [0.25, 0.3) is 21.5 Å². The Morgan fingerprint density at radius 1 is 0.467 bits per heavy atom. The van der Waals surface area contributed by atoms with Crippen LogP contribution in [0.5, 0.6) is 0 Å². The molecule has 0 saturated carbocycles. The van der Waals surface area contributed by atoms with E-state index in [0.717, 1.165) is 0 Å². The van der Waals surface area contributed by atoms with Gasteiger partial charge in [0.25, 0.3) is 0 Å². The van der Waals surface area contributed by atoms with Gasteiger partial charge in [0.1, 0.15) is 0 Å². The molecule has 3 aromatic rings. The topological polar surface area (TPSA) is 0 Å². The van der Waals surface area contributed by atoms with E-state index in [1.807, 2.05) is 0 Å². The fourth-order valence-corrected chi connectivity index (χ4v) is 1.88. The highest BCUT2D eigenvalue weighted by atomic mass is 31.0. The predicted molar refractivity (Wildman–Crippen MR) is 72.6 cm³/mol. The third-order valence-electron chi connectivity index (χ3n) is 2.61. The highest BCUT2D eigenvalue weighted by Crippen LogP contribution is 2.21. The Hall–Kier alpha value is -1.39. The van der Waals surface area contributed by atoms with Crippen molar-refractivity contribution in [2.24, 2.45) is 0 Å². The minimum absolute atomic E-state index is 0. The fourth-order valence-electron chi connectivity index (χ4n) is 1.88. The summed E-state index contributed by atoms with van der Waals surface area (Å²) in [6.45, 7) is 0. The van der Waals surface area contributed by atoms with Crippen LogP contribution in [0.1, 0.15) is 0 Å². The van der Waals surface area contributed by atoms with Crippen LogP contribution in [0.2, 0.25) is 0 Å². The van der Waals surface area contributed by atoms with Gasteiger partial charge in [-0.15, -0.1) is 0 Å². The summed E-state index contributed by atoms with van der Waals surface area (Å²) in [5, 5.41) is 5.25. The van der Waals surface area contributed by atoms with Gasteiger partial charge in [0.2, 0.25) is 0 Å². The molecule has 0 bridgehead atoms. The molecular formula is C14H13P. The van der Waals surface area contributed by atoms with E-state index in [2.05, 4.69) is 60.7 Å². The minimum Gasteiger partial charge on any atom is -0.153 e. The maximum absolute atomic E-state index is 2.24. The van der Waals surface area contributed by atoms with E-state index >= 15 is 0 Å². The molecule has 0 amide bonds. The molecule has 0 radical (unpaired) electrons. The molecule has 0 aliphatic rings. The van der Waals surface area contributed by atoms with Gasteiger partial charge in [-0.25, -0.2) is 0 Å². The second-order valence-electron chi connectivity index (χ2n) is 3.55. The molecule has 74 valence electrons. The summed E-state index contributed by atoms with van der Waals surface area (Å²) in [4.78, 5) is 0. The molecule has 1 unspecified atom stereocenters. The van der Waals surface area contributed by atoms with Crippen LogP contribution >= 0.6 is 9.90 Å². The number of benzene rings is 3. The first kappa shape index (κ1) is 10.1. The molecule has 0 aliphatic carbocycles. The summed E-state index contributed by atoms with van der Waals surface area (Å²) >= 11 is 0. The zero-order valence-electron chi connectivity index (χ0n) is 8.48. The highest BCUT2D eigenvalue weighted by molar-refractivity contribution is 6.92. The molecule has 0 N–H and O–H groups in total. The summed E-state index contributed by atoms with van der Waals surface area (Å²) < 4.78 is 0. The van der Waals surface area contributed by atoms with Gasteiger partial charge >= 0.3 is 0 Å². The van der Waals surface area contributed by atoms with Gasteiger partial charge in [0.05, 0.1) is 0 Å². The summed E-state index contributed by atoms with van der Waals surface area (Å²) in [5.41, 5.74) is 0. The predicted octanol–water partition coefficient (Wildman–Crippen LogP) is 4.05. The lowest BCUT2D eigenvalue weighted by molar-refractivity contribution is 1.76. The molecule has 0 saturated heterocycles. The smallest absolute Gasteiger partial charge is 0.0178 e. The Bertz CT molecular complexity index is 494. The van der Waals surface area contributed by atoms with Crippen LogP contribution in [-0.2, 0) is 0 Å². The first-order valence-electron chi connectivity index (χ1n) is 4.81. The summed E-state index contributed by atoms with van der Waals surface area (Å²) in [6, 6.07) is 21.4. The van der Waals surface area contributed by atoms with Gasteiger partial charge in [-0.2, -0.15) is 9.90 Å². The number of rotatable bonds is 0. The van der Waals surface area contributed by atoms with E-state index in [9.17, 15) is 0 Å². The van der Waals surface area contributed by atoms with Crippen molar-refractivity contribution in [2.75, 3.05) is 0 Å². The molecule has 1 heteroatoms. The highest BCUT2D eigenvalue weighted by Gasteiger charge is 1.95.